The van der Waals surface area contributed by atoms with Gasteiger partial charge in [-0.05, 0) is 31.5 Å². The number of rotatable bonds is 8. The normalized spacial score (nSPS) is 11.5. The van der Waals surface area contributed by atoms with Gasteiger partial charge in [0.15, 0.2) is 0 Å². The smallest absolute Gasteiger partial charge is 0.215 e. The molecule has 0 saturated carbocycles. The van der Waals surface area contributed by atoms with E-state index in [1.165, 1.54) is 0 Å². The summed E-state index contributed by atoms with van der Waals surface area (Å²) in [5.74, 6) is 2.65. The highest BCUT2D eigenvalue weighted by Crippen LogP contribution is 2.13. The Morgan fingerprint density at radius 3 is 2.54 bits per heavy atom. The van der Waals surface area contributed by atoms with Crippen LogP contribution in [0.5, 0.6) is 0 Å². The molecule has 0 atom stereocenters. The van der Waals surface area contributed by atoms with E-state index in [4.69, 9.17) is 11.6 Å². The molecule has 3 rings (SSSR count). The van der Waals surface area contributed by atoms with E-state index in [1.807, 2.05) is 17.7 Å². The maximum atomic E-state index is 12.2. The van der Waals surface area contributed by atoms with Crippen molar-refractivity contribution in [3.8, 4) is 5.82 Å². The molecule has 148 valence electrons. The Bertz CT molecular complexity index is 1050. The first kappa shape index (κ1) is 20.2. The maximum absolute atomic E-state index is 12.2. The third kappa shape index (κ3) is 5.51. The number of nitrogens with one attached hydrogen (secondary N) is 2. The zero-order chi connectivity index (χ0) is 20.1. The fourth-order valence-corrected chi connectivity index (χ4v) is 3.91. The predicted octanol–water partition coefficient (Wildman–Crippen LogP) is 2.46. The molecule has 1 aromatic carbocycles. The molecule has 0 aliphatic heterocycles. The number of imidazole rings is 1. The fraction of sp³-hybridized carbons (Fsp3) is 0.278. The van der Waals surface area contributed by atoms with Gasteiger partial charge in [0, 0.05) is 36.6 Å². The lowest BCUT2D eigenvalue weighted by molar-refractivity contribution is 0.582. The minimum Gasteiger partial charge on any atom is -0.369 e. The van der Waals surface area contributed by atoms with Crippen LogP contribution in [-0.2, 0) is 15.8 Å². The third-order valence-electron chi connectivity index (χ3n) is 3.92. The molecule has 0 radical (unpaired) electrons. The molecular formula is C18H21ClN6O2S. The van der Waals surface area contributed by atoms with E-state index in [9.17, 15) is 8.42 Å². The van der Waals surface area contributed by atoms with Gasteiger partial charge in [-0.1, -0.05) is 23.7 Å². The lowest BCUT2D eigenvalue weighted by Crippen LogP contribution is -2.30. The van der Waals surface area contributed by atoms with Gasteiger partial charge in [0.2, 0.25) is 10.0 Å². The van der Waals surface area contributed by atoms with Crippen molar-refractivity contribution >= 4 is 27.4 Å². The van der Waals surface area contributed by atoms with Gasteiger partial charge in [-0.2, -0.15) is 0 Å². The van der Waals surface area contributed by atoms with Crippen LogP contribution in [0.2, 0.25) is 5.02 Å². The molecule has 2 N–H and O–H groups in total. The molecule has 0 bridgehead atoms. The molecule has 0 aliphatic carbocycles. The summed E-state index contributed by atoms with van der Waals surface area (Å²) in [5, 5.41) is 3.69. The predicted molar refractivity (Wildman–Crippen MR) is 109 cm³/mol. The molecule has 2 aromatic heterocycles. The fourth-order valence-electron chi connectivity index (χ4n) is 2.63. The van der Waals surface area contributed by atoms with Crippen LogP contribution in [0, 0.1) is 13.8 Å². The highest BCUT2D eigenvalue weighted by atomic mass is 35.5. The first-order valence-corrected chi connectivity index (χ1v) is 10.7. The second-order valence-electron chi connectivity index (χ2n) is 6.21. The van der Waals surface area contributed by atoms with Crippen LogP contribution in [0.4, 0.5) is 5.82 Å². The van der Waals surface area contributed by atoms with Crippen LogP contribution in [0.1, 0.15) is 17.2 Å². The van der Waals surface area contributed by atoms with Crippen molar-refractivity contribution in [1.29, 1.82) is 0 Å². The lowest BCUT2D eigenvalue weighted by atomic mass is 10.2. The molecule has 0 saturated heterocycles. The largest absolute Gasteiger partial charge is 0.369 e. The number of nitrogens with zero attached hydrogens (tertiary/aromatic N) is 4. The van der Waals surface area contributed by atoms with E-state index in [-0.39, 0.29) is 12.3 Å². The van der Waals surface area contributed by atoms with Gasteiger partial charge >= 0.3 is 0 Å². The Morgan fingerprint density at radius 2 is 1.86 bits per heavy atom. The number of benzene rings is 1. The highest BCUT2D eigenvalue weighted by Gasteiger charge is 2.11. The van der Waals surface area contributed by atoms with E-state index >= 15 is 0 Å². The quantitative estimate of drug-likeness (QED) is 0.543. The van der Waals surface area contributed by atoms with Gasteiger partial charge < -0.3 is 5.32 Å². The van der Waals surface area contributed by atoms with Crippen LogP contribution in [0.15, 0.2) is 42.7 Å². The Labute approximate surface area is 169 Å². The first-order chi connectivity index (χ1) is 13.3. The first-order valence-electron chi connectivity index (χ1n) is 8.64. The Balaban J connectivity index is 1.55. The third-order valence-corrected chi connectivity index (χ3v) is 5.53. The molecule has 28 heavy (non-hydrogen) atoms. The van der Waals surface area contributed by atoms with E-state index in [0.29, 0.717) is 34.6 Å². The topological polar surface area (TPSA) is 102 Å². The summed E-state index contributed by atoms with van der Waals surface area (Å²) in [4.78, 5) is 12.9. The average molecular weight is 421 g/mol. The van der Waals surface area contributed by atoms with Crippen molar-refractivity contribution in [2.24, 2.45) is 0 Å². The van der Waals surface area contributed by atoms with E-state index in [1.54, 1.807) is 43.5 Å². The number of hydrogen-bond acceptors (Lipinski definition) is 6. The van der Waals surface area contributed by atoms with Crippen molar-refractivity contribution < 1.29 is 8.42 Å². The summed E-state index contributed by atoms with van der Waals surface area (Å²) in [6.45, 7) is 4.31. The van der Waals surface area contributed by atoms with Gasteiger partial charge in [-0.25, -0.2) is 28.1 Å². The van der Waals surface area contributed by atoms with Crippen molar-refractivity contribution in [3.63, 3.8) is 0 Å². The van der Waals surface area contributed by atoms with Gasteiger partial charge in [0.1, 0.15) is 23.3 Å². The molecule has 0 unspecified atom stereocenters. The molecular weight excluding hydrogens is 400 g/mol. The Morgan fingerprint density at radius 1 is 1.11 bits per heavy atom. The summed E-state index contributed by atoms with van der Waals surface area (Å²) in [7, 11) is -3.44. The summed E-state index contributed by atoms with van der Waals surface area (Å²) >= 11 is 5.82. The van der Waals surface area contributed by atoms with Crippen LogP contribution in [0.3, 0.4) is 0 Å². The van der Waals surface area contributed by atoms with Crippen LogP contribution in [-0.4, -0.2) is 41.0 Å². The second kappa shape index (κ2) is 8.68. The number of anilines is 1. The zero-order valence-corrected chi connectivity index (χ0v) is 17.1. The summed E-state index contributed by atoms with van der Waals surface area (Å²) < 4.78 is 28.8. The van der Waals surface area contributed by atoms with Crippen molar-refractivity contribution in [1.82, 2.24) is 24.2 Å². The minimum atomic E-state index is -3.44. The molecule has 10 heteroatoms. The number of hydrogen-bond donors (Lipinski definition) is 2. The summed E-state index contributed by atoms with van der Waals surface area (Å²) in [6, 6.07) is 8.53. The second-order valence-corrected chi connectivity index (χ2v) is 8.45. The minimum absolute atomic E-state index is 0.0964. The van der Waals surface area contributed by atoms with E-state index in [2.05, 4.69) is 25.0 Å². The number of aromatic nitrogens is 4. The van der Waals surface area contributed by atoms with Crippen molar-refractivity contribution in [2.45, 2.75) is 19.6 Å². The number of halogens is 1. The SMILES string of the molecule is Cc1nc(NCCNS(=O)(=O)Cc2ccc(Cl)cc2)cc(-n2ccnc2C)n1. The molecule has 8 nitrogen and oxygen atoms in total. The molecule has 0 spiro atoms. The summed E-state index contributed by atoms with van der Waals surface area (Å²) in [5.41, 5.74) is 0.677. The zero-order valence-electron chi connectivity index (χ0n) is 15.6. The number of sulfonamides is 1. The molecule has 0 amide bonds. The molecule has 0 aliphatic rings. The van der Waals surface area contributed by atoms with Gasteiger partial charge in [0.05, 0.1) is 5.75 Å². The highest BCUT2D eigenvalue weighted by molar-refractivity contribution is 7.88. The van der Waals surface area contributed by atoms with Gasteiger partial charge in [0.25, 0.3) is 0 Å². The average Bonchev–Trinajstić information content (AvgIpc) is 3.06. The molecule has 2 heterocycles. The van der Waals surface area contributed by atoms with E-state index in [0.717, 1.165) is 5.82 Å². The van der Waals surface area contributed by atoms with E-state index < -0.39 is 10.0 Å². The molecule has 3 aromatic rings. The standard InChI is InChI=1S/C18H21ClN6O2S/c1-13-23-17(11-18(24-13)25-10-9-20-14(25)2)21-7-8-22-28(26,27)12-15-3-5-16(19)6-4-15/h3-6,9-11,22H,7-8,12H2,1-2H3,(H,21,23,24). The van der Waals surface area contributed by atoms with Gasteiger partial charge in [-0.3, -0.25) is 4.57 Å². The summed E-state index contributed by atoms with van der Waals surface area (Å²) in [6.07, 6.45) is 3.53. The number of aryl methyl sites for hydroxylation is 2. The monoisotopic (exact) mass is 420 g/mol. The van der Waals surface area contributed by atoms with Crippen LogP contribution >= 0.6 is 11.6 Å². The molecule has 0 fully saturated rings. The van der Waals surface area contributed by atoms with Crippen LogP contribution in [0.25, 0.3) is 5.82 Å². The van der Waals surface area contributed by atoms with Crippen LogP contribution < -0.4 is 10.0 Å². The Hall–Kier alpha value is -2.49. The lowest BCUT2D eigenvalue weighted by Gasteiger charge is -2.11. The Kier molecular flexibility index (Phi) is 6.28. The van der Waals surface area contributed by atoms with Crippen molar-refractivity contribution in [2.75, 3.05) is 18.4 Å². The maximum Gasteiger partial charge on any atom is 0.215 e. The van der Waals surface area contributed by atoms with Crippen molar-refractivity contribution in [3.05, 3.63) is 65.0 Å². The van der Waals surface area contributed by atoms with Gasteiger partial charge in [-0.15, -0.1) is 0 Å².